The van der Waals surface area contributed by atoms with Gasteiger partial charge in [-0.15, -0.1) is 0 Å². The number of nitro groups is 1. The number of amides is 1. The molecule has 1 amide bonds. The first-order valence-electron chi connectivity index (χ1n) is 6.04. The van der Waals surface area contributed by atoms with Gasteiger partial charge in [0.05, 0.1) is 4.92 Å². The fourth-order valence-corrected chi connectivity index (χ4v) is 1.66. The predicted molar refractivity (Wildman–Crippen MR) is 77.2 cm³/mol. The van der Waals surface area contributed by atoms with Crippen LogP contribution in [0, 0.1) is 15.9 Å². The van der Waals surface area contributed by atoms with Gasteiger partial charge in [0, 0.05) is 12.1 Å². The topological polar surface area (TPSA) is 72.2 Å². The van der Waals surface area contributed by atoms with Crippen LogP contribution in [0.1, 0.15) is 5.56 Å². The van der Waals surface area contributed by atoms with Gasteiger partial charge in [-0.3, -0.25) is 14.9 Å². The first kappa shape index (κ1) is 14.4. The number of carbonyl (C=O) groups is 1. The fraction of sp³-hybridized carbons (Fsp3) is 0. The van der Waals surface area contributed by atoms with E-state index in [-0.39, 0.29) is 17.2 Å². The maximum atomic E-state index is 12.7. The Kier molecular flexibility index (Phi) is 4.40. The molecule has 2 rings (SSSR count). The summed E-state index contributed by atoms with van der Waals surface area (Å²) in [6.45, 7) is 0. The van der Waals surface area contributed by atoms with Crippen LogP contribution in [-0.4, -0.2) is 10.8 Å². The third-order valence-corrected chi connectivity index (χ3v) is 2.66. The van der Waals surface area contributed by atoms with Gasteiger partial charge in [-0.2, -0.15) is 0 Å². The van der Waals surface area contributed by atoms with Gasteiger partial charge in [-0.25, -0.2) is 4.39 Å². The second-order valence-electron chi connectivity index (χ2n) is 4.15. The van der Waals surface area contributed by atoms with Crippen LogP contribution in [0.15, 0.2) is 54.6 Å². The van der Waals surface area contributed by atoms with Crippen molar-refractivity contribution in [3.05, 3.63) is 76.1 Å². The van der Waals surface area contributed by atoms with Crippen molar-refractivity contribution in [3.63, 3.8) is 0 Å². The maximum absolute atomic E-state index is 12.7. The number of benzene rings is 2. The molecule has 0 saturated carbocycles. The largest absolute Gasteiger partial charge is 0.317 e. The molecule has 0 aromatic heterocycles. The molecule has 0 aliphatic heterocycles. The number of hydrogen-bond donors (Lipinski definition) is 1. The first-order valence-corrected chi connectivity index (χ1v) is 6.04. The van der Waals surface area contributed by atoms with Crippen LogP contribution in [-0.2, 0) is 4.79 Å². The number of nitro benzene ring substituents is 1. The van der Waals surface area contributed by atoms with Crippen LogP contribution < -0.4 is 5.32 Å². The number of halogens is 1. The van der Waals surface area contributed by atoms with Crippen molar-refractivity contribution in [2.24, 2.45) is 0 Å². The molecule has 0 atom stereocenters. The van der Waals surface area contributed by atoms with E-state index in [1.807, 2.05) is 0 Å². The molecule has 2 aromatic rings. The van der Waals surface area contributed by atoms with Gasteiger partial charge in [-0.1, -0.05) is 24.3 Å². The molecule has 0 spiro atoms. The molecule has 0 unspecified atom stereocenters. The standard InChI is InChI=1S/C15H11FN2O3/c16-12-8-5-11(6-9-12)7-10-15(19)17-13-3-1-2-4-14(13)18(20)21/h1-10H,(H,17,19)/b10-7+. The Labute approximate surface area is 119 Å². The number of para-hydroxylation sites is 2. The average molecular weight is 286 g/mol. The Hall–Kier alpha value is -3.02. The number of hydrogen-bond acceptors (Lipinski definition) is 3. The Balaban J connectivity index is 2.08. The van der Waals surface area contributed by atoms with Crippen LogP contribution in [0.2, 0.25) is 0 Å². The van der Waals surface area contributed by atoms with E-state index in [2.05, 4.69) is 5.32 Å². The third-order valence-electron chi connectivity index (χ3n) is 2.66. The van der Waals surface area contributed by atoms with Crippen molar-refractivity contribution in [3.8, 4) is 0 Å². The lowest BCUT2D eigenvalue weighted by Gasteiger charge is -2.02. The molecule has 0 bridgehead atoms. The van der Waals surface area contributed by atoms with Crippen molar-refractivity contribution in [1.82, 2.24) is 0 Å². The van der Waals surface area contributed by atoms with E-state index in [1.54, 1.807) is 6.07 Å². The van der Waals surface area contributed by atoms with Gasteiger partial charge < -0.3 is 5.32 Å². The molecule has 0 radical (unpaired) electrons. The van der Waals surface area contributed by atoms with Crippen LogP contribution in [0.3, 0.4) is 0 Å². The minimum absolute atomic E-state index is 0.122. The quantitative estimate of drug-likeness (QED) is 0.532. The lowest BCUT2D eigenvalue weighted by Crippen LogP contribution is -2.09. The van der Waals surface area contributed by atoms with Crippen LogP contribution in [0.4, 0.5) is 15.8 Å². The third kappa shape index (κ3) is 3.97. The van der Waals surface area contributed by atoms with E-state index < -0.39 is 10.8 Å². The van der Waals surface area contributed by atoms with Crippen LogP contribution >= 0.6 is 0 Å². The zero-order valence-corrected chi connectivity index (χ0v) is 10.8. The number of nitrogens with zero attached hydrogens (tertiary/aromatic N) is 1. The Morgan fingerprint density at radius 2 is 1.81 bits per heavy atom. The second kappa shape index (κ2) is 6.42. The smallest absolute Gasteiger partial charge is 0.292 e. The molecule has 6 heteroatoms. The molecular formula is C15H11FN2O3. The summed E-state index contributed by atoms with van der Waals surface area (Å²) >= 11 is 0. The summed E-state index contributed by atoms with van der Waals surface area (Å²) in [7, 11) is 0. The summed E-state index contributed by atoms with van der Waals surface area (Å²) in [5.41, 5.74) is 0.589. The van der Waals surface area contributed by atoms with E-state index in [0.717, 1.165) is 0 Å². The molecule has 5 nitrogen and oxygen atoms in total. The summed E-state index contributed by atoms with van der Waals surface area (Å²) in [6.07, 6.45) is 2.72. The first-order chi connectivity index (χ1) is 10.1. The number of rotatable bonds is 4. The Morgan fingerprint density at radius 3 is 2.48 bits per heavy atom. The Bertz CT molecular complexity index is 696. The predicted octanol–water partition coefficient (Wildman–Crippen LogP) is 3.39. The van der Waals surface area contributed by atoms with Crippen molar-refractivity contribution < 1.29 is 14.1 Å². The van der Waals surface area contributed by atoms with Crippen LogP contribution in [0.25, 0.3) is 6.08 Å². The summed E-state index contributed by atoms with van der Waals surface area (Å²) < 4.78 is 12.7. The molecule has 1 N–H and O–H groups in total. The van der Waals surface area contributed by atoms with Crippen molar-refractivity contribution in [1.29, 1.82) is 0 Å². The number of carbonyl (C=O) groups excluding carboxylic acids is 1. The van der Waals surface area contributed by atoms with Crippen molar-refractivity contribution >= 4 is 23.4 Å². The minimum Gasteiger partial charge on any atom is -0.317 e. The highest BCUT2D eigenvalue weighted by atomic mass is 19.1. The van der Waals surface area contributed by atoms with Gasteiger partial charge in [0.25, 0.3) is 5.69 Å². The average Bonchev–Trinajstić information content (AvgIpc) is 2.47. The highest BCUT2D eigenvalue weighted by molar-refractivity contribution is 6.03. The highest BCUT2D eigenvalue weighted by Crippen LogP contribution is 2.23. The summed E-state index contributed by atoms with van der Waals surface area (Å²) in [4.78, 5) is 22.0. The molecule has 0 aliphatic rings. The molecule has 0 saturated heterocycles. The van der Waals surface area contributed by atoms with E-state index in [9.17, 15) is 19.3 Å². The molecule has 0 aliphatic carbocycles. The van der Waals surface area contributed by atoms with E-state index in [1.165, 1.54) is 54.6 Å². The van der Waals surface area contributed by atoms with Crippen LogP contribution in [0.5, 0.6) is 0 Å². The summed E-state index contributed by atoms with van der Waals surface area (Å²) in [5, 5.41) is 13.2. The molecular weight excluding hydrogens is 275 g/mol. The maximum Gasteiger partial charge on any atom is 0.292 e. The SMILES string of the molecule is O=C(/C=C/c1ccc(F)cc1)Nc1ccccc1[N+](=O)[O-]. The fourth-order valence-electron chi connectivity index (χ4n) is 1.66. The summed E-state index contributed by atoms with van der Waals surface area (Å²) in [5.74, 6) is -0.870. The minimum atomic E-state index is -0.570. The van der Waals surface area contributed by atoms with Crippen molar-refractivity contribution in [2.75, 3.05) is 5.32 Å². The Morgan fingerprint density at radius 1 is 1.14 bits per heavy atom. The highest BCUT2D eigenvalue weighted by Gasteiger charge is 2.13. The molecule has 106 valence electrons. The number of nitrogens with one attached hydrogen (secondary N) is 1. The monoisotopic (exact) mass is 286 g/mol. The lowest BCUT2D eigenvalue weighted by atomic mass is 10.2. The zero-order chi connectivity index (χ0) is 15.2. The molecule has 2 aromatic carbocycles. The van der Waals surface area contributed by atoms with Crippen molar-refractivity contribution in [2.45, 2.75) is 0 Å². The molecule has 0 heterocycles. The van der Waals surface area contributed by atoms with Gasteiger partial charge in [0.2, 0.25) is 5.91 Å². The van der Waals surface area contributed by atoms with Gasteiger partial charge in [0.1, 0.15) is 11.5 Å². The zero-order valence-electron chi connectivity index (χ0n) is 10.8. The normalized spacial score (nSPS) is 10.5. The molecule has 0 fully saturated rings. The van der Waals surface area contributed by atoms with E-state index in [0.29, 0.717) is 5.56 Å². The molecule has 21 heavy (non-hydrogen) atoms. The summed E-state index contributed by atoms with van der Waals surface area (Å²) in [6, 6.07) is 11.4. The lowest BCUT2D eigenvalue weighted by molar-refractivity contribution is -0.383. The van der Waals surface area contributed by atoms with Gasteiger partial charge in [-0.05, 0) is 29.8 Å². The van der Waals surface area contributed by atoms with E-state index >= 15 is 0 Å². The van der Waals surface area contributed by atoms with Gasteiger partial charge >= 0.3 is 0 Å². The van der Waals surface area contributed by atoms with Gasteiger partial charge in [0.15, 0.2) is 0 Å². The van der Waals surface area contributed by atoms with E-state index in [4.69, 9.17) is 0 Å². The number of anilines is 1. The second-order valence-corrected chi connectivity index (χ2v) is 4.15.